The van der Waals surface area contributed by atoms with Crippen LogP contribution in [0.5, 0.6) is 0 Å². The topological polar surface area (TPSA) is 15.3 Å². The predicted molar refractivity (Wildman–Crippen MR) is 80.2 cm³/mol. The SMILES string of the molecule is CNC1CC2CCC(C1)N2c1cc(C)ccc1Br. The van der Waals surface area contributed by atoms with Gasteiger partial charge in [0.05, 0.1) is 5.69 Å². The summed E-state index contributed by atoms with van der Waals surface area (Å²) in [6, 6.07) is 8.85. The van der Waals surface area contributed by atoms with Gasteiger partial charge in [-0.3, -0.25) is 0 Å². The van der Waals surface area contributed by atoms with Crippen molar-refractivity contribution < 1.29 is 0 Å². The summed E-state index contributed by atoms with van der Waals surface area (Å²) >= 11 is 3.72. The molecule has 2 nitrogen and oxygen atoms in total. The van der Waals surface area contributed by atoms with Crippen LogP contribution in [-0.2, 0) is 0 Å². The molecule has 0 aliphatic carbocycles. The van der Waals surface area contributed by atoms with E-state index in [2.05, 4.69) is 58.3 Å². The highest BCUT2D eigenvalue weighted by atomic mass is 79.9. The summed E-state index contributed by atoms with van der Waals surface area (Å²) in [5.74, 6) is 0. The average molecular weight is 309 g/mol. The zero-order valence-electron chi connectivity index (χ0n) is 11.1. The van der Waals surface area contributed by atoms with Crippen LogP contribution in [0.3, 0.4) is 0 Å². The number of hydrogen-bond donors (Lipinski definition) is 1. The highest BCUT2D eigenvalue weighted by Crippen LogP contribution is 2.42. The normalized spacial score (nSPS) is 30.8. The molecule has 98 valence electrons. The summed E-state index contributed by atoms with van der Waals surface area (Å²) in [5, 5.41) is 3.46. The Hall–Kier alpha value is -0.540. The molecule has 2 fully saturated rings. The van der Waals surface area contributed by atoms with Gasteiger partial charge in [0, 0.05) is 22.6 Å². The lowest BCUT2D eigenvalue weighted by Gasteiger charge is -2.41. The maximum absolute atomic E-state index is 3.72. The first-order valence-electron chi connectivity index (χ1n) is 6.91. The quantitative estimate of drug-likeness (QED) is 0.900. The minimum atomic E-state index is 0.710. The second-order valence-electron chi connectivity index (χ2n) is 5.70. The maximum atomic E-state index is 3.72. The van der Waals surface area contributed by atoms with Crippen LogP contribution in [0.15, 0.2) is 22.7 Å². The van der Waals surface area contributed by atoms with Crippen molar-refractivity contribution in [2.24, 2.45) is 0 Å². The number of piperidine rings is 1. The highest BCUT2D eigenvalue weighted by Gasteiger charge is 2.40. The molecule has 0 radical (unpaired) electrons. The van der Waals surface area contributed by atoms with Gasteiger partial charge in [-0.2, -0.15) is 0 Å². The van der Waals surface area contributed by atoms with Gasteiger partial charge in [0.25, 0.3) is 0 Å². The minimum absolute atomic E-state index is 0.710. The van der Waals surface area contributed by atoms with Gasteiger partial charge in [-0.05, 0) is 73.3 Å². The largest absolute Gasteiger partial charge is 0.365 e. The van der Waals surface area contributed by atoms with Crippen LogP contribution >= 0.6 is 15.9 Å². The van der Waals surface area contributed by atoms with Crippen molar-refractivity contribution >= 4 is 21.6 Å². The molecule has 2 bridgehead atoms. The molecule has 2 aliphatic rings. The Bertz CT molecular complexity index is 432. The van der Waals surface area contributed by atoms with E-state index in [1.54, 1.807) is 0 Å². The predicted octanol–water partition coefficient (Wildman–Crippen LogP) is 3.48. The van der Waals surface area contributed by atoms with Crippen LogP contribution in [-0.4, -0.2) is 25.2 Å². The molecule has 2 heterocycles. The van der Waals surface area contributed by atoms with Crippen molar-refractivity contribution in [1.82, 2.24) is 5.32 Å². The highest BCUT2D eigenvalue weighted by molar-refractivity contribution is 9.10. The van der Waals surface area contributed by atoms with Gasteiger partial charge in [0.15, 0.2) is 0 Å². The van der Waals surface area contributed by atoms with E-state index >= 15 is 0 Å². The third kappa shape index (κ3) is 2.08. The third-order valence-electron chi connectivity index (χ3n) is 4.52. The fourth-order valence-electron chi connectivity index (χ4n) is 3.63. The molecule has 1 N–H and O–H groups in total. The van der Waals surface area contributed by atoms with Gasteiger partial charge >= 0.3 is 0 Å². The molecule has 0 spiro atoms. The molecule has 1 aromatic rings. The van der Waals surface area contributed by atoms with Gasteiger partial charge in [0.1, 0.15) is 0 Å². The number of benzene rings is 1. The minimum Gasteiger partial charge on any atom is -0.365 e. The van der Waals surface area contributed by atoms with Gasteiger partial charge in [-0.1, -0.05) is 6.07 Å². The Morgan fingerprint density at radius 3 is 2.50 bits per heavy atom. The summed E-state index contributed by atoms with van der Waals surface area (Å²) in [6.45, 7) is 2.18. The van der Waals surface area contributed by atoms with Crippen LogP contribution in [0.25, 0.3) is 0 Å². The molecule has 2 aliphatic heterocycles. The van der Waals surface area contributed by atoms with E-state index in [-0.39, 0.29) is 0 Å². The summed E-state index contributed by atoms with van der Waals surface area (Å²) in [6.07, 6.45) is 5.27. The number of hydrogen-bond acceptors (Lipinski definition) is 2. The second kappa shape index (κ2) is 4.86. The molecule has 3 heteroatoms. The number of aryl methyl sites for hydroxylation is 1. The lowest BCUT2D eigenvalue weighted by Crippen LogP contribution is -2.48. The van der Waals surface area contributed by atoms with Crippen molar-refractivity contribution in [1.29, 1.82) is 0 Å². The van der Waals surface area contributed by atoms with Gasteiger partial charge < -0.3 is 10.2 Å². The van der Waals surface area contributed by atoms with E-state index < -0.39 is 0 Å². The van der Waals surface area contributed by atoms with E-state index in [0.29, 0.717) is 6.04 Å². The van der Waals surface area contributed by atoms with E-state index in [1.807, 2.05) is 0 Å². The third-order valence-corrected chi connectivity index (χ3v) is 5.19. The molecule has 2 saturated heterocycles. The zero-order valence-corrected chi connectivity index (χ0v) is 12.7. The first-order valence-corrected chi connectivity index (χ1v) is 7.70. The van der Waals surface area contributed by atoms with Crippen LogP contribution < -0.4 is 10.2 Å². The van der Waals surface area contributed by atoms with E-state index in [1.165, 1.54) is 41.4 Å². The monoisotopic (exact) mass is 308 g/mol. The Morgan fingerprint density at radius 2 is 1.89 bits per heavy atom. The lowest BCUT2D eigenvalue weighted by atomic mass is 9.96. The number of fused-ring (bicyclic) bond motifs is 2. The number of anilines is 1. The van der Waals surface area contributed by atoms with Gasteiger partial charge in [-0.15, -0.1) is 0 Å². The molecule has 0 amide bonds. The smallest absolute Gasteiger partial charge is 0.0518 e. The summed E-state index contributed by atoms with van der Waals surface area (Å²) in [4.78, 5) is 2.67. The zero-order chi connectivity index (χ0) is 12.7. The summed E-state index contributed by atoms with van der Waals surface area (Å²) in [5.41, 5.74) is 2.75. The number of nitrogens with one attached hydrogen (secondary N) is 1. The molecule has 18 heavy (non-hydrogen) atoms. The second-order valence-corrected chi connectivity index (χ2v) is 6.56. The van der Waals surface area contributed by atoms with Crippen molar-refractivity contribution in [2.75, 3.05) is 11.9 Å². The number of halogens is 1. The number of rotatable bonds is 2. The van der Waals surface area contributed by atoms with Crippen molar-refractivity contribution in [3.63, 3.8) is 0 Å². The van der Waals surface area contributed by atoms with Crippen molar-refractivity contribution in [3.8, 4) is 0 Å². The van der Waals surface area contributed by atoms with Crippen LogP contribution in [0.2, 0.25) is 0 Å². The van der Waals surface area contributed by atoms with Crippen molar-refractivity contribution in [2.45, 2.75) is 50.7 Å². The maximum Gasteiger partial charge on any atom is 0.0518 e. The number of nitrogens with zero attached hydrogens (tertiary/aromatic N) is 1. The molecular formula is C15H21BrN2. The lowest BCUT2D eigenvalue weighted by molar-refractivity contribution is 0.373. The van der Waals surface area contributed by atoms with E-state index in [0.717, 1.165) is 12.1 Å². The molecule has 1 aromatic carbocycles. The molecule has 0 aromatic heterocycles. The van der Waals surface area contributed by atoms with Crippen molar-refractivity contribution in [3.05, 3.63) is 28.2 Å². The van der Waals surface area contributed by atoms with Crippen LogP contribution in [0.4, 0.5) is 5.69 Å². The first-order chi connectivity index (χ1) is 8.69. The summed E-state index contributed by atoms with van der Waals surface area (Å²) in [7, 11) is 2.10. The van der Waals surface area contributed by atoms with Crippen LogP contribution in [0.1, 0.15) is 31.2 Å². The van der Waals surface area contributed by atoms with Crippen LogP contribution in [0, 0.1) is 6.92 Å². The molecular weight excluding hydrogens is 288 g/mol. The Labute approximate surface area is 118 Å². The Morgan fingerprint density at radius 1 is 1.22 bits per heavy atom. The van der Waals surface area contributed by atoms with Gasteiger partial charge in [0.2, 0.25) is 0 Å². The molecule has 2 unspecified atom stereocenters. The fraction of sp³-hybridized carbons (Fsp3) is 0.600. The Balaban J connectivity index is 1.91. The standard InChI is InChI=1S/C15H21BrN2/c1-10-3-6-14(16)15(7-10)18-12-4-5-13(18)9-11(8-12)17-2/h3,6-7,11-13,17H,4-5,8-9H2,1-2H3. The van der Waals surface area contributed by atoms with E-state index in [9.17, 15) is 0 Å². The Kier molecular flexibility index (Phi) is 3.37. The summed E-state index contributed by atoms with van der Waals surface area (Å²) < 4.78 is 1.24. The average Bonchev–Trinajstić information content (AvgIpc) is 2.63. The van der Waals surface area contributed by atoms with E-state index in [4.69, 9.17) is 0 Å². The van der Waals surface area contributed by atoms with Gasteiger partial charge in [-0.25, -0.2) is 0 Å². The molecule has 2 atom stereocenters. The molecule has 3 rings (SSSR count). The first kappa shape index (κ1) is 12.5. The molecule has 0 saturated carbocycles. The fourth-order valence-corrected chi connectivity index (χ4v) is 4.08.